The number of hydrogen-bond donors (Lipinski definition) is 0. The highest BCUT2D eigenvalue weighted by Crippen LogP contribution is 2.37. The molecule has 3 aromatic carbocycles. The number of nitrogens with zero attached hydrogens (tertiary/aromatic N) is 3. The van der Waals surface area contributed by atoms with Crippen LogP contribution in [0.5, 0.6) is 0 Å². The molecule has 0 saturated heterocycles. The van der Waals surface area contributed by atoms with E-state index in [1.807, 2.05) is 6.07 Å². The SMILES string of the molecule is Cc1ccc(-c2ccc(CN(C(=O)c3cnc4ccccc4n3)c3cccc(F)c3)s2)cc1C(F)(F)F. The number of rotatable bonds is 5. The van der Waals surface area contributed by atoms with Crippen molar-refractivity contribution >= 4 is 34.0 Å². The Bertz CT molecular complexity index is 1610. The topological polar surface area (TPSA) is 46.1 Å². The molecule has 1 amide bonds. The van der Waals surface area contributed by atoms with E-state index in [9.17, 15) is 22.4 Å². The van der Waals surface area contributed by atoms with Gasteiger partial charge in [-0.3, -0.25) is 9.78 Å². The summed E-state index contributed by atoms with van der Waals surface area (Å²) in [6.07, 6.45) is -3.08. The Morgan fingerprint density at radius 2 is 1.73 bits per heavy atom. The molecule has 0 fully saturated rings. The fraction of sp³-hybridized carbons (Fsp3) is 0.107. The van der Waals surface area contributed by atoms with Crippen molar-refractivity contribution in [2.75, 3.05) is 4.90 Å². The first-order valence-electron chi connectivity index (χ1n) is 11.3. The predicted octanol–water partition coefficient (Wildman–Crippen LogP) is 7.67. The number of amides is 1. The maximum absolute atomic E-state index is 14.1. The number of carbonyl (C=O) groups excluding carboxylic acids is 1. The van der Waals surface area contributed by atoms with Crippen molar-refractivity contribution in [3.8, 4) is 10.4 Å². The summed E-state index contributed by atoms with van der Waals surface area (Å²) in [5.74, 6) is -0.986. The number of para-hydroxylation sites is 2. The molecule has 2 heterocycles. The van der Waals surface area contributed by atoms with Crippen LogP contribution in [0.1, 0.15) is 26.5 Å². The second-order valence-corrected chi connectivity index (χ2v) is 9.58. The van der Waals surface area contributed by atoms with Gasteiger partial charge in [-0.05, 0) is 66.6 Å². The first kappa shape index (κ1) is 24.6. The monoisotopic (exact) mass is 521 g/mol. The maximum Gasteiger partial charge on any atom is 0.416 e. The Kier molecular flexibility index (Phi) is 6.47. The molecule has 0 N–H and O–H groups in total. The Morgan fingerprint density at radius 3 is 2.49 bits per heavy atom. The van der Waals surface area contributed by atoms with Crippen LogP contribution in [-0.4, -0.2) is 15.9 Å². The quantitative estimate of drug-likeness (QED) is 0.223. The Hall–Kier alpha value is -4.11. The van der Waals surface area contributed by atoms with Gasteiger partial charge in [0.05, 0.1) is 29.3 Å². The molecule has 0 saturated carbocycles. The number of hydrogen-bond acceptors (Lipinski definition) is 4. The Labute approximate surface area is 213 Å². The van der Waals surface area contributed by atoms with Crippen LogP contribution in [0.2, 0.25) is 0 Å². The summed E-state index contributed by atoms with van der Waals surface area (Å²) in [7, 11) is 0. The maximum atomic E-state index is 14.1. The molecule has 0 atom stereocenters. The van der Waals surface area contributed by atoms with E-state index in [4.69, 9.17) is 0 Å². The molecule has 0 aliphatic rings. The zero-order valence-corrected chi connectivity index (χ0v) is 20.3. The molecule has 37 heavy (non-hydrogen) atoms. The smallest absolute Gasteiger partial charge is 0.302 e. The Morgan fingerprint density at radius 1 is 0.946 bits per heavy atom. The highest BCUT2D eigenvalue weighted by atomic mass is 32.1. The second-order valence-electron chi connectivity index (χ2n) is 8.41. The molecular formula is C28H19F4N3OS. The number of aryl methyl sites for hydroxylation is 1. The second kappa shape index (κ2) is 9.74. The summed E-state index contributed by atoms with van der Waals surface area (Å²) in [5.41, 5.74) is 1.48. The normalized spacial score (nSPS) is 11.6. The summed E-state index contributed by atoms with van der Waals surface area (Å²) in [6.45, 7) is 1.49. The van der Waals surface area contributed by atoms with E-state index in [-0.39, 0.29) is 17.8 Å². The van der Waals surface area contributed by atoms with Crippen LogP contribution in [0.25, 0.3) is 21.5 Å². The third kappa shape index (κ3) is 5.22. The minimum Gasteiger partial charge on any atom is -0.302 e. The first-order chi connectivity index (χ1) is 17.7. The van der Waals surface area contributed by atoms with Gasteiger partial charge in [-0.1, -0.05) is 30.3 Å². The summed E-state index contributed by atoms with van der Waals surface area (Å²) in [4.78, 5) is 25.0. The molecule has 5 rings (SSSR count). The van der Waals surface area contributed by atoms with Crippen LogP contribution in [0.4, 0.5) is 23.2 Å². The van der Waals surface area contributed by atoms with Gasteiger partial charge < -0.3 is 4.90 Å². The van der Waals surface area contributed by atoms with Crippen LogP contribution in [0.3, 0.4) is 0 Å². The molecule has 0 unspecified atom stereocenters. The fourth-order valence-electron chi connectivity index (χ4n) is 3.98. The van der Waals surface area contributed by atoms with Crippen LogP contribution < -0.4 is 4.90 Å². The van der Waals surface area contributed by atoms with Gasteiger partial charge in [-0.25, -0.2) is 9.37 Å². The van der Waals surface area contributed by atoms with Crippen molar-refractivity contribution in [1.82, 2.24) is 9.97 Å². The lowest BCUT2D eigenvalue weighted by Gasteiger charge is -2.22. The average Bonchev–Trinajstić information content (AvgIpc) is 3.35. The Balaban J connectivity index is 1.49. The van der Waals surface area contributed by atoms with Crippen molar-refractivity contribution in [3.05, 3.63) is 113 Å². The van der Waals surface area contributed by atoms with Crippen LogP contribution in [0, 0.1) is 12.7 Å². The third-order valence-electron chi connectivity index (χ3n) is 5.84. The van der Waals surface area contributed by atoms with E-state index in [0.717, 1.165) is 6.07 Å². The van der Waals surface area contributed by atoms with E-state index in [2.05, 4.69) is 9.97 Å². The van der Waals surface area contributed by atoms with Gasteiger partial charge in [-0.2, -0.15) is 13.2 Å². The van der Waals surface area contributed by atoms with Gasteiger partial charge in [0, 0.05) is 15.4 Å². The van der Waals surface area contributed by atoms with Crippen LogP contribution in [-0.2, 0) is 12.7 Å². The highest BCUT2D eigenvalue weighted by molar-refractivity contribution is 7.15. The molecule has 186 valence electrons. The lowest BCUT2D eigenvalue weighted by Crippen LogP contribution is -2.31. The molecule has 9 heteroatoms. The van der Waals surface area contributed by atoms with Crippen molar-refractivity contribution in [3.63, 3.8) is 0 Å². The molecule has 2 aromatic heterocycles. The predicted molar refractivity (Wildman–Crippen MR) is 136 cm³/mol. The number of alkyl halides is 3. The minimum atomic E-state index is -4.46. The number of thiophene rings is 1. The van der Waals surface area contributed by atoms with E-state index >= 15 is 0 Å². The van der Waals surface area contributed by atoms with Crippen molar-refractivity contribution < 1.29 is 22.4 Å². The lowest BCUT2D eigenvalue weighted by atomic mass is 10.0. The summed E-state index contributed by atoms with van der Waals surface area (Å²) in [6, 6.07) is 20.4. The van der Waals surface area contributed by atoms with Crippen LogP contribution >= 0.6 is 11.3 Å². The van der Waals surface area contributed by atoms with Crippen LogP contribution in [0.15, 0.2) is 85.1 Å². The van der Waals surface area contributed by atoms with Crippen molar-refractivity contribution in [1.29, 1.82) is 0 Å². The highest BCUT2D eigenvalue weighted by Gasteiger charge is 2.32. The summed E-state index contributed by atoms with van der Waals surface area (Å²) >= 11 is 1.26. The average molecular weight is 522 g/mol. The standard InChI is InChI=1S/C28H19F4N3OS/c1-17-9-10-18(13-22(17)28(30,31)32)26-12-11-21(37-26)16-35(20-6-4-5-19(29)14-20)27(36)25-15-33-23-7-2-3-8-24(23)34-25/h2-15H,16H2,1H3. The number of fused-ring (bicyclic) bond motifs is 1. The molecule has 0 aliphatic heterocycles. The zero-order valence-electron chi connectivity index (χ0n) is 19.5. The van der Waals surface area contributed by atoms with Gasteiger partial charge in [0.2, 0.25) is 0 Å². The van der Waals surface area contributed by atoms with E-state index in [1.165, 1.54) is 53.6 Å². The molecule has 5 aromatic rings. The van der Waals surface area contributed by atoms with Gasteiger partial charge >= 0.3 is 6.18 Å². The number of aromatic nitrogens is 2. The number of carbonyl (C=O) groups is 1. The summed E-state index contributed by atoms with van der Waals surface area (Å²) < 4.78 is 54.3. The largest absolute Gasteiger partial charge is 0.416 e. The van der Waals surface area contributed by atoms with Gasteiger partial charge in [0.15, 0.2) is 0 Å². The molecule has 0 aliphatic carbocycles. The molecular weight excluding hydrogens is 502 g/mol. The molecule has 0 bridgehead atoms. The van der Waals surface area contributed by atoms with E-state index in [1.54, 1.807) is 42.5 Å². The third-order valence-corrected chi connectivity index (χ3v) is 6.95. The molecule has 4 nitrogen and oxygen atoms in total. The zero-order chi connectivity index (χ0) is 26.2. The summed E-state index contributed by atoms with van der Waals surface area (Å²) in [5, 5.41) is 0. The molecule has 0 spiro atoms. The van der Waals surface area contributed by atoms with Crippen molar-refractivity contribution in [2.24, 2.45) is 0 Å². The number of halogens is 4. The molecule has 0 radical (unpaired) electrons. The number of benzene rings is 3. The lowest BCUT2D eigenvalue weighted by molar-refractivity contribution is -0.138. The van der Waals surface area contributed by atoms with E-state index in [0.29, 0.717) is 32.0 Å². The van der Waals surface area contributed by atoms with Gasteiger partial charge in [-0.15, -0.1) is 11.3 Å². The van der Waals surface area contributed by atoms with E-state index < -0.39 is 23.5 Å². The van der Waals surface area contributed by atoms with Gasteiger partial charge in [0.25, 0.3) is 5.91 Å². The number of anilines is 1. The van der Waals surface area contributed by atoms with Gasteiger partial charge in [0.1, 0.15) is 11.5 Å². The van der Waals surface area contributed by atoms with Crippen molar-refractivity contribution in [2.45, 2.75) is 19.6 Å². The fourth-order valence-corrected chi connectivity index (χ4v) is 4.97. The first-order valence-corrected chi connectivity index (χ1v) is 12.1. The minimum absolute atomic E-state index is 0.0689.